The zero-order valence-electron chi connectivity index (χ0n) is 28.2. The number of likely N-dealkylation sites (N-methyl/N-ethyl adjacent to an activating group) is 1. The van der Waals surface area contributed by atoms with Crippen molar-refractivity contribution in [2.24, 2.45) is 0 Å². The third-order valence-corrected chi connectivity index (χ3v) is 10.0. The van der Waals surface area contributed by atoms with Crippen molar-refractivity contribution in [1.82, 2.24) is 15.1 Å². The summed E-state index contributed by atoms with van der Waals surface area (Å²) in [4.78, 5) is 29.0. The molecular formula is C36H50FN3O7. The maximum atomic E-state index is 14.2. The topological polar surface area (TPSA) is 132 Å². The Morgan fingerprint density at radius 1 is 1.13 bits per heavy atom. The van der Waals surface area contributed by atoms with E-state index in [-0.39, 0.29) is 44.2 Å². The van der Waals surface area contributed by atoms with Gasteiger partial charge in [-0.15, -0.1) is 0 Å². The van der Waals surface area contributed by atoms with Crippen LogP contribution in [0.25, 0.3) is 0 Å². The first-order chi connectivity index (χ1) is 22.1. The SMILES string of the molecule is Cc1ccc([C@@]23OC[C@@](C(C)(C)O)(C[C@H](O)[C@H]2O)O3)cc1Cc1ccc(CCCC(=O)N2C[C@H](F)C[C@H]2C(=O)NCCN(C)C)cc1. The predicted molar refractivity (Wildman–Crippen MR) is 174 cm³/mol. The molecule has 11 heteroatoms. The van der Waals surface area contributed by atoms with Crippen molar-refractivity contribution in [3.05, 3.63) is 70.3 Å². The van der Waals surface area contributed by atoms with E-state index in [2.05, 4.69) is 5.32 Å². The Labute approximate surface area is 276 Å². The maximum absolute atomic E-state index is 14.2. The Morgan fingerprint density at radius 3 is 2.51 bits per heavy atom. The first kappa shape index (κ1) is 35.4. The minimum Gasteiger partial charge on any atom is -0.390 e. The number of nitrogens with one attached hydrogen (secondary N) is 1. The lowest BCUT2D eigenvalue weighted by Crippen LogP contribution is -2.62. The van der Waals surface area contributed by atoms with Crippen molar-refractivity contribution in [3.63, 3.8) is 0 Å². The molecule has 0 aromatic heterocycles. The molecule has 2 aromatic rings. The van der Waals surface area contributed by atoms with E-state index in [9.17, 15) is 29.3 Å². The van der Waals surface area contributed by atoms with Crippen molar-refractivity contribution in [1.29, 1.82) is 0 Å². The summed E-state index contributed by atoms with van der Waals surface area (Å²) in [6.45, 7) is 6.37. The van der Waals surface area contributed by atoms with Crippen LogP contribution in [0.1, 0.15) is 67.3 Å². The normalized spacial score (nSPS) is 29.0. The molecule has 6 atom stereocenters. The van der Waals surface area contributed by atoms with Gasteiger partial charge in [0, 0.05) is 37.9 Å². The summed E-state index contributed by atoms with van der Waals surface area (Å²) in [7, 11) is 3.81. The highest BCUT2D eigenvalue weighted by Gasteiger charge is 2.67. The fraction of sp³-hybridized carbons (Fsp3) is 0.611. The van der Waals surface area contributed by atoms with Crippen molar-refractivity contribution in [3.8, 4) is 0 Å². The van der Waals surface area contributed by atoms with Crippen LogP contribution in [0.15, 0.2) is 42.5 Å². The monoisotopic (exact) mass is 655 g/mol. The van der Waals surface area contributed by atoms with Gasteiger partial charge in [-0.05, 0) is 82.4 Å². The number of benzene rings is 2. The van der Waals surface area contributed by atoms with Gasteiger partial charge in [-0.1, -0.05) is 36.4 Å². The lowest BCUT2D eigenvalue weighted by atomic mass is 9.77. The summed E-state index contributed by atoms with van der Waals surface area (Å²) in [5.41, 5.74) is 2.34. The van der Waals surface area contributed by atoms with E-state index in [1.807, 2.05) is 68.4 Å². The molecule has 5 rings (SSSR count). The Morgan fingerprint density at radius 2 is 1.83 bits per heavy atom. The summed E-state index contributed by atoms with van der Waals surface area (Å²) >= 11 is 0. The van der Waals surface area contributed by atoms with Gasteiger partial charge in [0.2, 0.25) is 17.6 Å². The zero-order valence-corrected chi connectivity index (χ0v) is 28.2. The number of amides is 2. The van der Waals surface area contributed by atoms with Gasteiger partial charge in [0.05, 0.1) is 24.9 Å². The van der Waals surface area contributed by atoms with Crippen LogP contribution in [0.2, 0.25) is 0 Å². The molecule has 4 N–H and O–H groups in total. The number of ether oxygens (including phenoxy) is 2. The number of alkyl halides is 1. The summed E-state index contributed by atoms with van der Waals surface area (Å²) < 4.78 is 26.7. The lowest BCUT2D eigenvalue weighted by molar-refractivity contribution is -0.319. The predicted octanol–water partition coefficient (Wildman–Crippen LogP) is 2.36. The molecule has 0 aliphatic carbocycles. The third-order valence-electron chi connectivity index (χ3n) is 10.0. The summed E-state index contributed by atoms with van der Waals surface area (Å²) in [6, 6.07) is 13.1. The van der Waals surface area contributed by atoms with Gasteiger partial charge in [-0.2, -0.15) is 0 Å². The van der Waals surface area contributed by atoms with E-state index < -0.39 is 41.4 Å². The Kier molecular flexibility index (Phi) is 10.5. The summed E-state index contributed by atoms with van der Waals surface area (Å²) in [5, 5.41) is 35.5. The van der Waals surface area contributed by atoms with Crippen molar-refractivity contribution in [2.45, 2.75) is 101 Å². The molecule has 3 aliphatic heterocycles. The van der Waals surface area contributed by atoms with Crippen LogP contribution in [0.5, 0.6) is 0 Å². The number of likely N-dealkylation sites (tertiary alicyclic amines) is 1. The van der Waals surface area contributed by atoms with E-state index in [1.165, 1.54) is 4.90 Å². The molecule has 3 fully saturated rings. The van der Waals surface area contributed by atoms with Crippen LogP contribution in [0.4, 0.5) is 4.39 Å². The van der Waals surface area contributed by atoms with Crippen molar-refractivity contribution >= 4 is 11.8 Å². The van der Waals surface area contributed by atoms with Gasteiger partial charge in [-0.25, -0.2) is 4.39 Å². The number of carbonyl (C=O) groups is 2. The molecule has 2 bridgehead atoms. The number of nitrogens with zero attached hydrogens (tertiary/aromatic N) is 2. The lowest BCUT2D eigenvalue weighted by Gasteiger charge is -2.48. The minimum absolute atomic E-state index is 0.0363. The second kappa shape index (κ2) is 13.9. The van der Waals surface area contributed by atoms with Gasteiger partial charge in [0.25, 0.3) is 0 Å². The highest BCUT2D eigenvalue weighted by Crippen LogP contribution is 2.53. The quantitative estimate of drug-likeness (QED) is 0.274. The Bertz CT molecular complexity index is 1430. The standard InChI is InChI=1S/C36H50FN3O7/c1-23-9-14-27(36-32(43)30(41)20-35(47-36,22-46-36)34(2,3)45)18-26(23)17-25-12-10-24(11-13-25)7-6-8-31(42)40-21-28(37)19-29(40)33(44)38-15-16-39(4)5/h9-14,18,28-30,32,41,43,45H,6-8,15-17,19-22H2,1-5H3,(H,38,44)/t28-,29+,30+,32-,35-,36+/m1/s1. The number of hydrogen-bond donors (Lipinski definition) is 4. The van der Waals surface area contributed by atoms with Crippen LogP contribution in [-0.2, 0) is 37.7 Å². The van der Waals surface area contributed by atoms with Gasteiger partial charge in [0.15, 0.2) is 0 Å². The second-order valence-corrected chi connectivity index (χ2v) is 14.3. The zero-order chi connectivity index (χ0) is 34.1. The number of aliphatic hydroxyl groups is 3. The fourth-order valence-electron chi connectivity index (χ4n) is 6.93. The third kappa shape index (κ3) is 7.40. The van der Waals surface area contributed by atoms with Crippen molar-refractivity contribution in [2.75, 3.05) is 40.3 Å². The van der Waals surface area contributed by atoms with E-state index >= 15 is 0 Å². The average Bonchev–Trinajstić information content (AvgIpc) is 3.58. The van der Waals surface area contributed by atoms with E-state index in [0.717, 1.165) is 22.3 Å². The molecule has 0 spiro atoms. The molecule has 0 radical (unpaired) electrons. The number of halogens is 1. The summed E-state index contributed by atoms with van der Waals surface area (Å²) in [6.07, 6.45) is -1.43. The molecule has 258 valence electrons. The van der Waals surface area contributed by atoms with Crippen LogP contribution in [-0.4, -0.2) is 113 Å². The van der Waals surface area contributed by atoms with Gasteiger partial charge in [-0.3, -0.25) is 9.59 Å². The molecule has 0 saturated carbocycles. The Balaban J connectivity index is 1.18. The summed E-state index contributed by atoms with van der Waals surface area (Å²) in [5.74, 6) is -2.08. The van der Waals surface area contributed by atoms with Gasteiger partial charge < -0.3 is 39.9 Å². The van der Waals surface area contributed by atoms with Gasteiger partial charge in [0.1, 0.15) is 23.9 Å². The Hall–Kier alpha value is -2.93. The van der Waals surface area contributed by atoms with E-state index in [0.29, 0.717) is 37.9 Å². The van der Waals surface area contributed by atoms with E-state index in [4.69, 9.17) is 9.47 Å². The molecule has 3 heterocycles. The smallest absolute Gasteiger partial charge is 0.242 e. The molecule has 2 amide bonds. The first-order valence-electron chi connectivity index (χ1n) is 16.6. The number of carbonyl (C=O) groups excluding carboxylic acids is 2. The number of hydrogen-bond acceptors (Lipinski definition) is 8. The molecule has 3 aliphatic rings. The van der Waals surface area contributed by atoms with Crippen LogP contribution >= 0.6 is 0 Å². The molecular weight excluding hydrogens is 605 g/mol. The fourth-order valence-corrected chi connectivity index (χ4v) is 6.93. The number of aliphatic hydroxyl groups excluding tert-OH is 2. The number of fused-ring (bicyclic) bond motifs is 2. The highest BCUT2D eigenvalue weighted by atomic mass is 19.1. The number of rotatable bonds is 12. The van der Waals surface area contributed by atoms with Crippen LogP contribution in [0, 0.1) is 6.92 Å². The number of aryl methyl sites for hydroxylation is 2. The first-order valence-corrected chi connectivity index (χ1v) is 16.6. The molecule has 2 aromatic carbocycles. The van der Waals surface area contributed by atoms with Crippen LogP contribution in [0.3, 0.4) is 0 Å². The molecule has 3 saturated heterocycles. The minimum atomic E-state index is -1.59. The maximum Gasteiger partial charge on any atom is 0.242 e. The molecule has 10 nitrogen and oxygen atoms in total. The van der Waals surface area contributed by atoms with Gasteiger partial charge >= 0.3 is 0 Å². The highest BCUT2D eigenvalue weighted by molar-refractivity contribution is 5.88. The largest absolute Gasteiger partial charge is 0.390 e. The van der Waals surface area contributed by atoms with Crippen LogP contribution < -0.4 is 5.32 Å². The average molecular weight is 656 g/mol. The van der Waals surface area contributed by atoms with Crippen molar-refractivity contribution < 1.29 is 38.8 Å². The second-order valence-electron chi connectivity index (χ2n) is 14.3. The molecule has 47 heavy (non-hydrogen) atoms. The van der Waals surface area contributed by atoms with E-state index in [1.54, 1.807) is 13.8 Å². The molecule has 0 unspecified atom stereocenters.